The largest absolute Gasteiger partial charge is 0.505 e. The Morgan fingerprint density at radius 3 is 2.67 bits per heavy atom. The molecule has 1 rings (SSSR count). The molecule has 0 N–H and O–H groups in total. The van der Waals surface area contributed by atoms with Crippen molar-refractivity contribution in [1.82, 2.24) is 15.0 Å². The molecule has 0 fully saturated rings. The van der Waals surface area contributed by atoms with Crippen LogP contribution in [0.5, 0.6) is 0 Å². The first-order valence-corrected chi connectivity index (χ1v) is 5.52. The molecule has 0 radical (unpaired) electrons. The predicted molar refractivity (Wildman–Crippen MR) is 53.7 cm³/mol. The predicted octanol–water partition coefficient (Wildman–Crippen LogP) is 0.979. The van der Waals surface area contributed by atoms with Gasteiger partial charge in [0.15, 0.2) is 5.78 Å². The number of alkyl halides is 3. The third kappa shape index (κ3) is 4.35. The van der Waals surface area contributed by atoms with Gasteiger partial charge in [-0.15, -0.1) is 18.3 Å². The fraction of sp³-hybridized carbons (Fsp3) is 0.500. The molecule has 0 saturated heterocycles. The van der Waals surface area contributed by atoms with Crippen LogP contribution in [0.3, 0.4) is 0 Å². The zero-order chi connectivity index (χ0) is 13.8. The lowest BCUT2D eigenvalue weighted by Crippen LogP contribution is -2.17. The van der Waals surface area contributed by atoms with Crippen molar-refractivity contribution in [2.75, 3.05) is 12.9 Å². The molecule has 6 nitrogen and oxygen atoms in total. The van der Waals surface area contributed by atoms with Gasteiger partial charge < -0.3 is 4.74 Å². The van der Waals surface area contributed by atoms with Crippen LogP contribution in [-0.4, -0.2) is 39.6 Å². The Balaban J connectivity index is 2.47. The topological polar surface area (TPSA) is 74.1 Å². The van der Waals surface area contributed by atoms with E-state index in [1.807, 2.05) is 0 Å². The highest BCUT2D eigenvalue weighted by Crippen LogP contribution is 2.23. The number of thioether (sulfide) groups is 1. The summed E-state index contributed by atoms with van der Waals surface area (Å²) in [6.07, 6.45) is -4.39. The van der Waals surface area contributed by atoms with Crippen LogP contribution < -0.4 is 0 Å². The lowest BCUT2D eigenvalue weighted by atomic mass is 10.3. The molecule has 0 spiro atoms. The number of nitrogens with zero attached hydrogens (tertiary/aromatic N) is 3. The summed E-state index contributed by atoms with van der Waals surface area (Å²) in [5, 5.41) is 6.05. The van der Waals surface area contributed by atoms with Gasteiger partial charge in [-0.1, -0.05) is 17.0 Å². The number of esters is 1. The molecular formula is C8H8F3N3O3S. The molecule has 0 aromatic carbocycles. The SMILES string of the molecule is COC(=O)CC(=O)CSc1cn(C(F)(F)F)nn1. The standard InChI is InChI=1S/C8H8F3N3O3S/c1-17-7(16)2-5(15)4-18-6-3-14(13-12-6)8(9,10)11/h3H,2,4H2,1H3. The van der Waals surface area contributed by atoms with Gasteiger partial charge in [0.05, 0.1) is 19.1 Å². The molecule has 0 amide bonds. The molecular weight excluding hydrogens is 275 g/mol. The fourth-order valence-electron chi connectivity index (χ4n) is 0.877. The van der Waals surface area contributed by atoms with Crippen molar-refractivity contribution >= 4 is 23.5 Å². The van der Waals surface area contributed by atoms with Crippen LogP contribution in [0.25, 0.3) is 0 Å². The van der Waals surface area contributed by atoms with Crippen LogP contribution in [0.1, 0.15) is 6.42 Å². The molecule has 0 unspecified atom stereocenters. The van der Waals surface area contributed by atoms with Crippen LogP contribution >= 0.6 is 11.8 Å². The average Bonchev–Trinajstić information content (AvgIpc) is 2.74. The van der Waals surface area contributed by atoms with E-state index in [9.17, 15) is 22.8 Å². The van der Waals surface area contributed by atoms with Gasteiger partial charge >= 0.3 is 12.3 Å². The van der Waals surface area contributed by atoms with Crippen molar-refractivity contribution in [2.45, 2.75) is 17.7 Å². The molecule has 1 aromatic heterocycles. The van der Waals surface area contributed by atoms with Crippen LogP contribution in [0.15, 0.2) is 11.2 Å². The molecule has 1 aromatic rings. The summed E-state index contributed by atoms with van der Waals surface area (Å²) in [6.45, 7) is 0. The highest BCUT2D eigenvalue weighted by molar-refractivity contribution is 7.99. The van der Waals surface area contributed by atoms with Crippen molar-refractivity contribution in [3.05, 3.63) is 6.20 Å². The van der Waals surface area contributed by atoms with Crippen LogP contribution in [0, 0.1) is 0 Å². The number of carbonyl (C=O) groups excluding carboxylic acids is 2. The van der Waals surface area contributed by atoms with E-state index in [0.29, 0.717) is 6.20 Å². The Morgan fingerprint density at radius 1 is 1.50 bits per heavy atom. The minimum absolute atomic E-state index is 0.0504. The van der Waals surface area contributed by atoms with Crippen LogP contribution in [0.4, 0.5) is 13.2 Å². The minimum atomic E-state index is -4.64. The molecule has 0 aliphatic carbocycles. The zero-order valence-corrected chi connectivity index (χ0v) is 9.92. The van der Waals surface area contributed by atoms with Gasteiger partial charge in [0.2, 0.25) is 0 Å². The van der Waals surface area contributed by atoms with E-state index in [-0.39, 0.29) is 15.5 Å². The molecule has 0 aliphatic heterocycles. The summed E-state index contributed by atoms with van der Waals surface area (Å²) in [4.78, 5) is 21.9. The number of carbonyl (C=O) groups is 2. The van der Waals surface area contributed by atoms with E-state index in [1.165, 1.54) is 0 Å². The number of hydrogen-bond acceptors (Lipinski definition) is 6. The highest BCUT2D eigenvalue weighted by Gasteiger charge is 2.32. The van der Waals surface area contributed by atoms with E-state index in [1.54, 1.807) is 0 Å². The quantitative estimate of drug-likeness (QED) is 0.455. The summed E-state index contributed by atoms with van der Waals surface area (Å²) in [6, 6.07) is 0. The maximum Gasteiger partial charge on any atom is 0.505 e. The van der Waals surface area contributed by atoms with Crippen molar-refractivity contribution in [3.63, 3.8) is 0 Å². The van der Waals surface area contributed by atoms with Crippen LogP contribution in [-0.2, 0) is 20.6 Å². The van der Waals surface area contributed by atoms with E-state index in [0.717, 1.165) is 18.9 Å². The third-order valence-electron chi connectivity index (χ3n) is 1.68. The Morgan fingerprint density at radius 2 is 2.17 bits per heavy atom. The number of hydrogen-bond donors (Lipinski definition) is 0. The maximum absolute atomic E-state index is 12.1. The first kappa shape index (κ1) is 14.5. The molecule has 0 saturated carbocycles. The van der Waals surface area contributed by atoms with E-state index in [2.05, 4.69) is 15.0 Å². The van der Waals surface area contributed by atoms with E-state index >= 15 is 0 Å². The summed E-state index contributed by atoms with van der Waals surface area (Å²) < 4.78 is 40.4. The second kappa shape index (κ2) is 5.85. The lowest BCUT2D eigenvalue weighted by Gasteiger charge is -2.02. The summed E-state index contributed by atoms with van der Waals surface area (Å²) in [5.41, 5.74) is 0. The number of ether oxygens (including phenoxy) is 1. The molecule has 0 aliphatic rings. The normalized spacial score (nSPS) is 11.3. The summed E-state index contributed by atoms with van der Waals surface area (Å²) >= 11 is 0.766. The van der Waals surface area contributed by atoms with Gasteiger partial charge in [0, 0.05) is 0 Å². The van der Waals surface area contributed by atoms with Gasteiger partial charge in [0.25, 0.3) is 0 Å². The molecule has 0 bridgehead atoms. The smallest absolute Gasteiger partial charge is 0.469 e. The minimum Gasteiger partial charge on any atom is -0.469 e. The number of methoxy groups -OCH3 is 1. The number of Topliss-reactive ketones (excluding diaryl/α,β-unsaturated/α-hetero) is 1. The second-order valence-corrected chi connectivity index (χ2v) is 4.05. The number of ketones is 1. The third-order valence-corrected chi connectivity index (χ3v) is 2.63. The second-order valence-electron chi connectivity index (χ2n) is 3.05. The van der Waals surface area contributed by atoms with Gasteiger partial charge in [-0.25, -0.2) is 0 Å². The van der Waals surface area contributed by atoms with E-state index in [4.69, 9.17) is 0 Å². The van der Waals surface area contributed by atoms with Crippen molar-refractivity contribution in [1.29, 1.82) is 0 Å². The Hall–Kier alpha value is -1.58. The molecule has 100 valence electrons. The Kier molecular flexibility index (Phi) is 4.70. The molecule has 10 heteroatoms. The first-order valence-electron chi connectivity index (χ1n) is 4.54. The molecule has 0 atom stereocenters. The molecule has 18 heavy (non-hydrogen) atoms. The fourth-order valence-corrected chi connectivity index (χ4v) is 1.56. The lowest BCUT2D eigenvalue weighted by molar-refractivity contribution is -0.213. The van der Waals surface area contributed by atoms with Crippen molar-refractivity contribution < 1.29 is 27.5 Å². The summed E-state index contributed by atoms with van der Waals surface area (Å²) in [5.74, 6) is -1.33. The van der Waals surface area contributed by atoms with Gasteiger partial charge in [0.1, 0.15) is 11.4 Å². The van der Waals surface area contributed by atoms with Crippen molar-refractivity contribution in [2.24, 2.45) is 0 Å². The average molecular weight is 283 g/mol. The Labute approximate surface area is 103 Å². The Bertz CT molecular complexity index is 446. The number of aromatic nitrogens is 3. The zero-order valence-electron chi connectivity index (χ0n) is 9.10. The number of rotatable bonds is 5. The van der Waals surface area contributed by atoms with E-state index < -0.39 is 24.5 Å². The monoisotopic (exact) mass is 283 g/mol. The van der Waals surface area contributed by atoms with Gasteiger partial charge in [-0.3, -0.25) is 9.59 Å². The van der Waals surface area contributed by atoms with Gasteiger partial charge in [-0.2, -0.15) is 4.68 Å². The van der Waals surface area contributed by atoms with Crippen LogP contribution in [0.2, 0.25) is 0 Å². The molecule has 1 heterocycles. The van der Waals surface area contributed by atoms with Gasteiger partial charge in [-0.05, 0) is 0 Å². The number of halogens is 3. The van der Waals surface area contributed by atoms with Crippen molar-refractivity contribution in [3.8, 4) is 0 Å². The summed E-state index contributed by atoms with van der Waals surface area (Å²) in [7, 11) is 1.14. The highest BCUT2D eigenvalue weighted by atomic mass is 32.2. The maximum atomic E-state index is 12.1. The first-order chi connectivity index (χ1) is 8.32.